The van der Waals surface area contributed by atoms with Crippen LogP contribution in [0.2, 0.25) is 5.02 Å². The Morgan fingerprint density at radius 3 is 2.79 bits per heavy atom. The maximum Gasteiger partial charge on any atom is 0.223 e. The number of aromatic nitrogens is 2. The van der Waals surface area contributed by atoms with Crippen molar-refractivity contribution in [3.05, 3.63) is 72.0 Å². The number of hydrogen-bond acceptors (Lipinski definition) is 3. The number of hydrogen-bond donors (Lipinski definition) is 0. The molecule has 3 aromatic rings. The Kier molecular flexibility index (Phi) is 5.86. The van der Waals surface area contributed by atoms with Gasteiger partial charge in [-0.1, -0.05) is 29.8 Å². The van der Waals surface area contributed by atoms with Crippen LogP contribution in [-0.4, -0.2) is 40.1 Å². The van der Waals surface area contributed by atoms with Crippen LogP contribution in [-0.2, 0) is 11.3 Å². The lowest BCUT2D eigenvalue weighted by Crippen LogP contribution is -2.25. The number of amides is 1. The Hall–Kier alpha value is -2.79. The maximum atomic E-state index is 12.3. The van der Waals surface area contributed by atoms with Crippen molar-refractivity contribution >= 4 is 28.5 Å². The Morgan fingerprint density at radius 2 is 2.00 bits per heavy atom. The van der Waals surface area contributed by atoms with Gasteiger partial charge in [0, 0.05) is 37.0 Å². The summed E-state index contributed by atoms with van der Waals surface area (Å²) < 4.78 is 8.08. The first-order valence-electron chi connectivity index (χ1n) is 9.88. The molecule has 0 spiro atoms. The van der Waals surface area contributed by atoms with E-state index >= 15 is 0 Å². The summed E-state index contributed by atoms with van der Waals surface area (Å²) in [6, 6.07) is 15.5. The minimum absolute atomic E-state index is 0.104. The summed E-state index contributed by atoms with van der Waals surface area (Å²) in [6.07, 6.45) is 3.11. The predicted molar refractivity (Wildman–Crippen MR) is 115 cm³/mol. The summed E-state index contributed by atoms with van der Waals surface area (Å²) in [7, 11) is 0. The number of aryl methyl sites for hydroxylation is 1. The third-order valence-electron chi connectivity index (χ3n) is 5.22. The molecule has 150 valence electrons. The number of carbonyl (C=O) groups excluding carboxylic acids is 1. The van der Waals surface area contributed by atoms with Gasteiger partial charge in [-0.05, 0) is 42.8 Å². The van der Waals surface area contributed by atoms with E-state index in [1.807, 2.05) is 47.4 Å². The second-order valence-corrected chi connectivity index (χ2v) is 7.69. The summed E-state index contributed by atoms with van der Waals surface area (Å²) in [5, 5.41) is 0.698. The highest BCUT2D eigenvalue weighted by Gasteiger charge is 2.33. The molecule has 1 aliphatic rings. The molecule has 1 aromatic heterocycles. The molecule has 1 saturated heterocycles. The van der Waals surface area contributed by atoms with Gasteiger partial charge in [0.2, 0.25) is 5.91 Å². The number of fused-ring (bicyclic) bond motifs is 1. The SMILES string of the molecule is C=CCN1CC(c2nc3ccccc3n2CCCOc2ccc(Cl)cc2)CC1=O. The number of nitrogens with zero attached hydrogens (tertiary/aromatic N) is 3. The first kappa shape index (κ1) is 19.5. The number of imidazole rings is 1. The van der Waals surface area contributed by atoms with Crippen LogP contribution in [0.15, 0.2) is 61.2 Å². The summed E-state index contributed by atoms with van der Waals surface area (Å²) in [4.78, 5) is 19.1. The van der Waals surface area contributed by atoms with Gasteiger partial charge >= 0.3 is 0 Å². The molecule has 2 aromatic carbocycles. The van der Waals surface area contributed by atoms with E-state index in [1.165, 1.54) is 0 Å². The number of carbonyl (C=O) groups is 1. The van der Waals surface area contributed by atoms with Gasteiger partial charge in [-0.2, -0.15) is 0 Å². The molecule has 1 atom stereocenters. The molecule has 1 fully saturated rings. The zero-order valence-electron chi connectivity index (χ0n) is 16.3. The molecule has 0 aliphatic carbocycles. The Morgan fingerprint density at radius 1 is 1.21 bits per heavy atom. The minimum Gasteiger partial charge on any atom is -0.494 e. The van der Waals surface area contributed by atoms with E-state index in [-0.39, 0.29) is 11.8 Å². The fourth-order valence-corrected chi connectivity index (χ4v) is 3.99. The van der Waals surface area contributed by atoms with E-state index < -0.39 is 0 Å². The summed E-state index contributed by atoms with van der Waals surface area (Å²) >= 11 is 5.92. The van der Waals surface area contributed by atoms with Crippen LogP contribution in [0.5, 0.6) is 5.75 Å². The monoisotopic (exact) mass is 409 g/mol. The van der Waals surface area contributed by atoms with Crippen molar-refractivity contribution < 1.29 is 9.53 Å². The van der Waals surface area contributed by atoms with Gasteiger partial charge in [0.05, 0.1) is 17.6 Å². The lowest BCUT2D eigenvalue weighted by Gasteiger charge is -2.16. The van der Waals surface area contributed by atoms with Crippen LogP contribution in [0, 0.1) is 0 Å². The second kappa shape index (κ2) is 8.70. The second-order valence-electron chi connectivity index (χ2n) is 7.25. The van der Waals surface area contributed by atoms with Gasteiger partial charge in [-0.15, -0.1) is 6.58 Å². The van der Waals surface area contributed by atoms with Crippen molar-refractivity contribution in [1.82, 2.24) is 14.5 Å². The zero-order chi connectivity index (χ0) is 20.2. The van der Waals surface area contributed by atoms with Crippen LogP contribution in [0.3, 0.4) is 0 Å². The average Bonchev–Trinajstić information content (AvgIpc) is 3.27. The molecule has 29 heavy (non-hydrogen) atoms. The topological polar surface area (TPSA) is 47.4 Å². The van der Waals surface area contributed by atoms with Crippen molar-refractivity contribution in [2.24, 2.45) is 0 Å². The molecule has 4 rings (SSSR count). The summed E-state index contributed by atoms with van der Waals surface area (Å²) in [5.41, 5.74) is 2.07. The van der Waals surface area contributed by atoms with Crippen LogP contribution >= 0.6 is 11.6 Å². The Balaban J connectivity index is 1.49. The third-order valence-corrected chi connectivity index (χ3v) is 5.47. The molecule has 1 unspecified atom stereocenters. The van der Waals surface area contributed by atoms with Crippen molar-refractivity contribution in [3.63, 3.8) is 0 Å². The average molecular weight is 410 g/mol. The number of likely N-dealkylation sites (tertiary alicyclic amines) is 1. The molecule has 5 nitrogen and oxygen atoms in total. The number of ether oxygens (including phenoxy) is 1. The molecule has 2 heterocycles. The lowest BCUT2D eigenvalue weighted by molar-refractivity contribution is -0.127. The largest absolute Gasteiger partial charge is 0.494 e. The summed E-state index contributed by atoms with van der Waals surface area (Å²) in [6.45, 7) is 6.41. The van der Waals surface area contributed by atoms with Gasteiger partial charge in [-0.25, -0.2) is 4.98 Å². The minimum atomic E-state index is 0.104. The van der Waals surface area contributed by atoms with Crippen molar-refractivity contribution in [2.45, 2.75) is 25.3 Å². The van der Waals surface area contributed by atoms with E-state index in [1.54, 1.807) is 6.08 Å². The van der Waals surface area contributed by atoms with Gasteiger partial charge in [0.15, 0.2) is 0 Å². The van der Waals surface area contributed by atoms with Gasteiger partial charge in [0.1, 0.15) is 11.6 Å². The highest BCUT2D eigenvalue weighted by atomic mass is 35.5. The number of halogens is 1. The predicted octanol–water partition coefficient (Wildman–Crippen LogP) is 4.66. The molecule has 0 radical (unpaired) electrons. The molecule has 1 aliphatic heterocycles. The zero-order valence-corrected chi connectivity index (χ0v) is 17.0. The fraction of sp³-hybridized carbons (Fsp3) is 0.304. The first-order chi connectivity index (χ1) is 14.2. The number of para-hydroxylation sites is 2. The van der Waals surface area contributed by atoms with Crippen molar-refractivity contribution in [3.8, 4) is 5.75 Å². The van der Waals surface area contributed by atoms with Crippen LogP contribution in [0.25, 0.3) is 11.0 Å². The van der Waals surface area contributed by atoms with E-state index in [2.05, 4.69) is 17.2 Å². The van der Waals surface area contributed by atoms with Gasteiger partial charge < -0.3 is 14.2 Å². The highest BCUT2D eigenvalue weighted by molar-refractivity contribution is 6.30. The Labute approximate surface area is 175 Å². The van der Waals surface area contributed by atoms with E-state index in [4.69, 9.17) is 21.3 Å². The number of rotatable bonds is 8. The maximum absolute atomic E-state index is 12.3. The standard InChI is InChI=1S/C23H24ClN3O2/c1-2-12-26-16-17(15-22(26)28)23-25-20-6-3-4-7-21(20)27(23)13-5-14-29-19-10-8-18(24)9-11-19/h2-4,6-11,17H,1,5,12-16H2. The molecular formula is C23H24ClN3O2. The van der Waals surface area contributed by atoms with Crippen LogP contribution in [0.1, 0.15) is 24.6 Å². The highest BCUT2D eigenvalue weighted by Crippen LogP contribution is 2.30. The number of benzene rings is 2. The molecule has 0 bridgehead atoms. The van der Waals surface area contributed by atoms with E-state index in [9.17, 15) is 4.79 Å². The quantitative estimate of drug-likeness (QED) is 0.401. The third kappa shape index (κ3) is 4.30. The Bertz CT molecular complexity index is 1010. The first-order valence-corrected chi connectivity index (χ1v) is 10.3. The van der Waals surface area contributed by atoms with Crippen molar-refractivity contribution in [2.75, 3.05) is 19.7 Å². The van der Waals surface area contributed by atoms with Gasteiger partial charge in [-0.3, -0.25) is 4.79 Å². The normalized spacial score (nSPS) is 16.5. The molecule has 0 N–H and O–H groups in total. The summed E-state index contributed by atoms with van der Waals surface area (Å²) in [5.74, 6) is 2.07. The van der Waals surface area contributed by atoms with Crippen LogP contribution < -0.4 is 4.74 Å². The molecular weight excluding hydrogens is 386 g/mol. The smallest absolute Gasteiger partial charge is 0.223 e. The van der Waals surface area contributed by atoms with Crippen LogP contribution in [0.4, 0.5) is 0 Å². The van der Waals surface area contributed by atoms with E-state index in [0.29, 0.717) is 31.1 Å². The lowest BCUT2D eigenvalue weighted by atomic mass is 10.1. The fourth-order valence-electron chi connectivity index (χ4n) is 3.86. The molecule has 6 heteroatoms. The molecule has 1 amide bonds. The molecule has 0 saturated carbocycles. The van der Waals surface area contributed by atoms with E-state index in [0.717, 1.165) is 35.6 Å². The van der Waals surface area contributed by atoms with Gasteiger partial charge in [0.25, 0.3) is 0 Å². The van der Waals surface area contributed by atoms with Crippen molar-refractivity contribution in [1.29, 1.82) is 0 Å².